The normalized spacial score (nSPS) is 11.4. The molecule has 0 saturated carbocycles. The molecule has 5 aromatic heterocycles. The van der Waals surface area contributed by atoms with Crippen LogP contribution in [-0.4, -0.2) is 68.4 Å². The quantitative estimate of drug-likeness (QED) is 0.0476. The largest absolute Gasteiger partial charge is 0.454 e. The highest BCUT2D eigenvalue weighted by Gasteiger charge is 2.24. The minimum Gasteiger partial charge on any atom is -0.454 e. The first kappa shape index (κ1) is 97.4. The van der Waals surface area contributed by atoms with Crippen molar-refractivity contribution in [2.45, 2.75) is 126 Å². The van der Waals surface area contributed by atoms with Gasteiger partial charge < -0.3 is 36.1 Å². The second-order valence-electron chi connectivity index (χ2n) is 37.6. The average Bonchev–Trinajstić information content (AvgIpc) is 1.66. The number of benzene rings is 15. The van der Waals surface area contributed by atoms with E-state index in [1.165, 1.54) is 85.5 Å². The Hall–Kier alpha value is -17.2. The number of nitrogens with one attached hydrogen (secondary N) is 5. The van der Waals surface area contributed by atoms with E-state index in [2.05, 4.69) is 258 Å². The lowest BCUT2D eigenvalue weighted by atomic mass is 9.86. The second kappa shape index (κ2) is 44.3. The summed E-state index contributed by atoms with van der Waals surface area (Å²) in [6.07, 6.45) is 3.14. The second-order valence-corrected chi connectivity index (χ2v) is 37.6. The van der Waals surface area contributed by atoms with Crippen molar-refractivity contribution < 1.29 is 27.8 Å². The Morgan fingerprint density at radius 1 is 0.287 bits per heavy atom. The van der Waals surface area contributed by atoms with Gasteiger partial charge in [-0.2, -0.15) is 0 Å². The fraction of sp³-hybridized carbons (Fsp3) is 0.164. The van der Waals surface area contributed by atoms with Crippen molar-refractivity contribution in [3.05, 3.63) is 475 Å². The molecule has 6 heterocycles. The number of rotatable bonds is 20. The number of anilines is 8. The highest BCUT2D eigenvalue weighted by Crippen LogP contribution is 2.36. The third-order valence-electron chi connectivity index (χ3n) is 24.9. The smallest absolute Gasteiger partial charge is 0.257 e. The van der Waals surface area contributed by atoms with Crippen LogP contribution in [0, 0.1) is 53.2 Å². The van der Waals surface area contributed by atoms with Gasteiger partial charge in [0.15, 0.2) is 40.6 Å². The van der Waals surface area contributed by atoms with Crippen LogP contribution in [0.4, 0.5) is 54.9 Å². The molecule has 1 aliphatic heterocycles. The molecule has 712 valence electrons. The minimum atomic E-state index is -0.335. The predicted octanol–water partition coefficient (Wildman–Crippen LogP) is 28.3. The summed E-state index contributed by atoms with van der Waals surface area (Å²) < 4.78 is 37.1. The zero-order valence-corrected chi connectivity index (χ0v) is 82.1. The molecule has 0 unspecified atom stereocenters. The summed E-state index contributed by atoms with van der Waals surface area (Å²) in [4.78, 5) is 73.5. The fourth-order valence-corrected chi connectivity index (χ4v) is 16.3. The van der Waals surface area contributed by atoms with Crippen molar-refractivity contribution in [1.29, 1.82) is 0 Å². The van der Waals surface area contributed by atoms with Crippen LogP contribution in [-0.2, 0) is 42.9 Å². The molecule has 19 nitrogen and oxygen atoms in total. The van der Waals surface area contributed by atoms with Crippen molar-refractivity contribution in [2.24, 2.45) is 0 Å². The van der Waals surface area contributed by atoms with E-state index in [1.807, 2.05) is 140 Å². The SMILES string of the molecule is CC(C)(C)c1ccc(Cc2nc3ccccc3nc2Nc2ccc(C(C)(C)C)cc2)cc1.Cc1ccc(Cc2nc3ccccc3nc2NC(=O)c2ccccc2)cc1.Cc1ccc(Cc2nc3ccccc3nc2Nc2ccc(F)cc2)cc1.Cc1cccc(Cc2nc3ccccc3nc2Nc2cccc(C)c2C)c1C.O=C(Nc1nc2ccccc2nc1Cc1ccc(F)cc1)c1ccc2c(c1)OCO2. The predicted molar refractivity (Wildman–Crippen MR) is 574 cm³/mol. The highest BCUT2D eigenvalue weighted by atomic mass is 19.1. The topological polar surface area (TPSA) is 242 Å². The molecule has 0 aliphatic carbocycles. The Morgan fingerprint density at radius 2 is 0.601 bits per heavy atom. The first-order valence-electron chi connectivity index (χ1n) is 47.7. The Balaban J connectivity index is 0.000000123. The van der Waals surface area contributed by atoms with Crippen LogP contribution in [0.3, 0.4) is 0 Å². The van der Waals surface area contributed by atoms with E-state index in [0.29, 0.717) is 70.6 Å². The van der Waals surface area contributed by atoms with E-state index in [0.717, 1.165) is 125 Å². The molecule has 0 saturated heterocycles. The highest BCUT2D eigenvalue weighted by molar-refractivity contribution is 6.05. The van der Waals surface area contributed by atoms with Crippen molar-refractivity contribution in [3.63, 3.8) is 0 Å². The van der Waals surface area contributed by atoms with E-state index in [4.69, 9.17) is 44.4 Å². The molecule has 0 fully saturated rings. The maximum atomic E-state index is 13.3. The van der Waals surface area contributed by atoms with Gasteiger partial charge in [-0.15, -0.1) is 0 Å². The molecule has 0 spiro atoms. The number of carbonyl (C=O) groups is 2. The summed E-state index contributed by atoms with van der Waals surface area (Å²) in [6.45, 7) is 26.3. The summed E-state index contributed by atoms with van der Waals surface area (Å²) in [5.41, 5.74) is 32.4. The van der Waals surface area contributed by atoms with Gasteiger partial charge >= 0.3 is 0 Å². The molecule has 20 aromatic rings. The van der Waals surface area contributed by atoms with Crippen LogP contribution in [0.15, 0.2) is 352 Å². The zero-order valence-electron chi connectivity index (χ0n) is 82.1. The third-order valence-corrected chi connectivity index (χ3v) is 24.9. The number of halogens is 2. The van der Waals surface area contributed by atoms with E-state index < -0.39 is 0 Å². The maximum Gasteiger partial charge on any atom is 0.257 e. The number of ether oxygens (including phenoxy) is 2. The minimum absolute atomic E-state index is 0.131. The molecule has 0 radical (unpaired) electrons. The van der Waals surface area contributed by atoms with E-state index in [9.17, 15) is 18.4 Å². The van der Waals surface area contributed by atoms with Crippen molar-refractivity contribution in [1.82, 2.24) is 49.8 Å². The summed E-state index contributed by atoms with van der Waals surface area (Å²) >= 11 is 0. The van der Waals surface area contributed by atoms with Gasteiger partial charge in [0.1, 0.15) is 11.6 Å². The van der Waals surface area contributed by atoms with Gasteiger partial charge in [0, 0.05) is 60.3 Å². The Morgan fingerprint density at radius 3 is 1.01 bits per heavy atom. The first-order valence-corrected chi connectivity index (χ1v) is 47.7. The lowest BCUT2D eigenvalue weighted by Gasteiger charge is -2.20. The Kier molecular flexibility index (Phi) is 30.2. The standard InChI is InChI=1S/C29H33N3.C25H25N3.C23H16FN3O3.C23H19N3O.C22H18FN3/c1-28(2,3)21-13-11-20(12-14-21)19-26-27(32-25-10-8-7-9-24(25)31-26)30-23-17-15-22(16-18-23)29(4,5)6;1-16-9-7-11-20(18(16)3)15-24-25(27-21-14-8-10-17(2)19(21)4)28-23-13-6-5-12-22(23)26-24;24-16-8-5-14(6-9-16)11-19-22(26-18-4-2-1-3-17(18)25-19)27-23(28)15-7-10-20-21(12-15)30-13-29-20;1-16-11-13-17(14-12-16)15-21-22(25-20-10-6-5-9-19(20)24-21)26-23(27)18-7-3-2-4-8-18;1-15-6-8-16(9-7-15)14-21-22(24-18-12-10-17(23)11-13-18)26-20-5-3-2-4-19(20)25-21/h7-18H,19H2,1-6H3,(H,30,32);5-14H,15H2,1-4H3,(H,27,28);1-10,12H,11,13H2,(H,26,27,28);2-14H,15H2,1H3,(H,25,26,27);2-13H,14H2,1H3,(H,24,26). The molecule has 0 atom stereocenters. The summed E-state index contributed by atoms with van der Waals surface area (Å²) in [5.74, 6) is 3.23. The summed E-state index contributed by atoms with van der Waals surface area (Å²) in [5, 5.41) is 16.2. The number of carbonyl (C=O) groups excluding carboxylic acids is 2. The molecule has 0 bridgehead atoms. The zero-order chi connectivity index (χ0) is 99.7. The van der Waals surface area contributed by atoms with Crippen molar-refractivity contribution in [2.75, 3.05) is 33.4 Å². The van der Waals surface area contributed by atoms with E-state index >= 15 is 0 Å². The summed E-state index contributed by atoms with van der Waals surface area (Å²) in [7, 11) is 0. The molecule has 2 amide bonds. The number of aryl methyl sites for hydroxylation is 4. The van der Waals surface area contributed by atoms with E-state index in [-0.39, 0.29) is 41.1 Å². The number of fused-ring (bicyclic) bond motifs is 6. The van der Waals surface area contributed by atoms with Crippen LogP contribution < -0.4 is 36.1 Å². The van der Waals surface area contributed by atoms with Gasteiger partial charge in [-0.25, -0.2) is 58.6 Å². The fourth-order valence-electron chi connectivity index (χ4n) is 16.3. The van der Waals surface area contributed by atoms with E-state index in [1.54, 1.807) is 54.6 Å². The lowest BCUT2D eigenvalue weighted by molar-refractivity contribution is 0.101. The Bertz CT molecular complexity index is 7670. The number of para-hydroxylation sites is 10. The molecule has 5 N–H and O–H groups in total. The van der Waals surface area contributed by atoms with Gasteiger partial charge in [0.05, 0.1) is 83.6 Å². The van der Waals surface area contributed by atoms with Gasteiger partial charge in [-0.3, -0.25) is 9.59 Å². The van der Waals surface area contributed by atoms with Crippen LogP contribution in [0.5, 0.6) is 11.5 Å². The molecular formula is C122H111F2N15O4. The number of hydrogen-bond donors (Lipinski definition) is 5. The molecule has 143 heavy (non-hydrogen) atoms. The molecule has 21 heteroatoms. The summed E-state index contributed by atoms with van der Waals surface area (Å²) in [6, 6.07) is 113. The van der Waals surface area contributed by atoms with Crippen LogP contribution >= 0.6 is 0 Å². The number of nitrogens with zero attached hydrogens (tertiary/aromatic N) is 10. The van der Waals surface area contributed by atoms with Crippen molar-refractivity contribution in [3.8, 4) is 11.5 Å². The number of amides is 2. The lowest BCUT2D eigenvalue weighted by Crippen LogP contribution is -2.15. The molecule has 15 aromatic carbocycles. The van der Waals surface area contributed by atoms with Gasteiger partial charge in [-0.05, 0) is 259 Å². The van der Waals surface area contributed by atoms with Crippen LogP contribution in [0.25, 0.3) is 55.2 Å². The monoisotopic (exact) mass is 1890 g/mol. The van der Waals surface area contributed by atoms with Crippen molar-refractivity contribution >= 4 is 113 Å². The Labute approximate surface area is 832 Å². The average molecular weight is 1890 g/mol. The third kappa shape index (κ3) is 25.3. The number of aromatic nitrogens is 10. The van der Waals surface area contributed by atoms with Crippen LogP contribution in [0.1, 0.15) is 163 Å². The molecule has 21 rings (SSSR count). The van der Waals surface area contributed by atoms with Crippen LogP contribution in [0.2, 0.25) is 0 Å². The van der Waals surface area contributed by atoms with Gasteiger partial charge in [0.2, 0.25) is 6.79 Å². The maximum absolute atomic E-state index is 13.3. The molecular weight excluding hydrogens is 1780 g/mol. The first-order chi connectivity index (χ1) is 69.1. The number of hydrogen-bond acceptors (Lipinski definition) is 17. The van der Waals surface area contributed by atoms with Gasteiger partial charge in [0.25, 0.3) is 11.8 Å². The van der Waals surface area contributed by atoms with Gasteiger partial charge in [-0.1, -0.05) is 259 Å². The molecule has 1 aliphatic rings.